The first-order valence-electron chi connectivity index (χ1n) is 6.34. The van der Waals surface area contributed by atoms with Gasteiger partial charge < -0.3 is 10.0 Å². The van der Waals surface area contributed by atoms with E-state index in [4.69, 9.17) is 5.11 Å². The Bertz CT molecular complexity index is 483. The summed E-state index contributed by atoms with van der Waals surface area (Å²) >= 11 is 0. The lowest BCUT2D eigenvalue weighted by molar-refractivity contribution is -0.138. The predicted octanol–water partition coefficient (Wildman–Crippen LogP) is 2.55. The maximum absolute atomic E-state index is 12.5. The summed E-state index contributed by atoms with van der Waals surface area (Å²) in [7, 11) is 0. The molecule has 1 N–H and O–H groups in total. The Balaban J connectivity index is 3.20. The molecule has 4 nitrogen and oxygen atoms in total. The van der Waals surface area contributed by atoms with Gasteiger partial charge in [0, 0.05) is 11.6 Å². The first-order chi connectivity index (χ1) is 8.73. The average molecular weight is 263 g/mol. The molecule has 0 heterocycles. The molecule has 0 saturated carbocycles. The molecule has 0 aliphatic heterocycles. The lowest BCUT2D eigenvalue weighted by atomic mass is 9.98. The van der Waals surface area contributed by atoms with Crippen molar-refractivity contribution in [3.8, 4) is 0 Å². The number of hydrogen-bond donors (Lipinski definition) is 1. The normalized spacial score (nSPS) is 10.6. The lowest BCUT2D eigenvalue weighted by Gasteiger charge is -2.26. The molecule has 19 heavy (non-hydrogen) atoms. The van der Waals surface area contributed by atoms with E-state index in [1.54, 1.807) is 0 Å². The van der Waals surface area contributed by atoms with Crippen LogP contribution in [-0.2, 0) is 4.79 Å². The predicted molar refractivity (Wildman–Crippen MR) is 74.5 cm³/mol. The Morgan fingerprint density at radius 3 is 2.00 bits per heavy atom. The molecule has 0 saturated heterocycles. The van der Waals surface area contributed by atoms with Crippen molar-refractivity contribution >= 4 is 11.9 Å². The topological polar surface area (TPSA) is 57.6 Å². The number of carbonyl (C=O) groups is 2. The molecular weight excluding hydrogens is 242 g/mol. The van der Waals surface area contributed by atoms with E-state index >= 15 is 0 Å². The Hall–Kier alpha value is -1.84. The molecule has 1 aromatic rings. The van der Waals surface area contributed by atoms with Gasteiger partial charge in [0.05, 0.1) is 0 Å². The minimum Gasteiger partial charge on any atom is -0.480 e. The highest BCUT2D eigenvalue weighted by molar-refractivity contribution is 5.98. The van der Waals surface area contributed by atoms with Crippen LogP contribution in [0.2, 0.25) is 0 Å². The van der Waals surface area contributed by atoms with Crippen LogP contribution in [0.3, 0.4) is 0 Å². The Kier molecular flexibility index (Phi) is 4.70. The highest BCUT2D eigenvalue weighted by Crippen LogP contribution is 2.19. The highest BCUT2D eigenvalue weighted by Gasteiger charge is 2.24. The molecule has 0 radical (unpaired) electrons. The van der Waals surface area contributed by atoms with Crippen molar-refractivity contribution in [1.82, 2.24) is 4.90 Å². The number of hydrogen-bond acceptors (Lipinski definition) is 2. The lowest BCUT2D eigenvalue weighted by Crippen LogP contribution is -2.41. The largest absolute Gasteiger partial charge is 0.480 e. The van der Waals surface area contributed by atoms with Gasteiger partial charge in [0.15, 0.2) is 0 Å². The number of carboxylic acids is 1. The number of carboxylic acid groups (broad SMARTS) is 1. The molecule has 1 aromatic carbocycles. The smallest absolute Gasteiger partial charge is 0.323 e. The van der Waals surface area contributed by atoms with Gasteiger partial charge in [0.1, 0.15) is 6.54 Å². The van der Waals surface area contributed by atoms with Crippen molar-refractivity contribution < 1.29 is 14.7 Å². The minimum absolute atomic E-state index is 0.149. The van der Waals surface area contributed by atoms with E-state index in [1.807, 2.05) is 46.8 Å². The first kappa shape index (κ1) is 15.2. The van der Waals surface area contributed by atoms with Gasteiger partial charge in [-0.15, -0.1) is 0 Å². The molecule has 4 heteroatoms. The molecular formula is C15H21NO3. The zero-order valence-electron chi connectivity index (χ0n) is 12.2. The third-order valence-electron chi connectivity index (χ3n) is 3.08. The fourth-order valence-corrected chi connectivity index (χ4v) is 2.30. The number of amides is 1. The number of carbonyl (C=O) groups excluding carboxylic acids is 1. The van der Waals surface area contributed by atoms with Crippen molar-refractivity contribution in [3.63, 3.8) is 0 Å². The summed E-state index contributed by atoms with van der Waals surface area (Å²) in [6, 6.07) is 3.74. The van der Waals surface area contributed by atoms with Crippen molar-refractivity contribution in [2.45, 2.75) is 40.7 Å². The van der Waals surface area contributed by atoms with Crippen LogP contribution < -0.4 is 0 Å². The Labute approximate surface area is 114 Å². The zero-order valence-corrected chi connectivity index (χ0v) is 12.2. The minimum atomic E-state index is -0.996. The van der Waals surface area contributed by atoms with Gasteiger partial charge >= 0.3 is 5.97 Å². The van der Waals surface area contributed by atoms with Crippen molar-refractivity contribution in [3.05, 3.63) is 34.4 Å². The average Bonchev–Trinajstić information content (AvgIpc) is 2.23. The van der Waals surface area contributed by atoms with Crippen LogP contribution in [0.15, 0.2) is 12.1 Å². The molecule has 1 amide bonds. The summed E-state index contributed by atoms with van der Waals surface area (Å²) in [4.78, 5) is 24.8. The molecule has 0 aliphatic carbocycles. The van der Waals surface area contributed by atoms with E-state index in [0.717, 1.165) is 16.7 Å². The summed E-state index contributed by atoms with van der Waals surface area (Å²) in [5, 5.41) is 8.92. The second kappa shape index (κ2) is 5.87. The van der Waals surface area contributed by atoms with E-state index in [9.17, 15) is 9.59 Å². The van der Waals surface area contributed by atoms with Gasteiger partial charge in [-0.2, -0.15) is 0 Å². The SMILES string of the molecule is Cc1cc(C)c(C(=O)N(CC(=O)O)C(C)C)c(C)c1. The van der Waals surface area contributed by atoms with E-state index in [-0.39, 0.29) is 18.5 Å². The number of aryl methyl sites for hydroxylation is 3. The Morgan fingerprint density at radius 2 is 1.63 bits per heavy atom. The second-order valence-electron chi connectivity index (χ2n) is 5.19. The molecule has 0 aliphatic rings. The number of aliphatic carboxylic acids is 1. The zero-order chi connectivity index (χ0) is 14.7. The summed E-state index contributed by atoms with van der Waals surface area (Å²) in [6.07, 6.45) is 0. The van der Waals surface area contributed by atoms with E-state index in [2.05, 4.69) is 0 Å². The van der Waals surface area contributed by atoms with E-state index in [1.165, 1.54) is 4.90 Å². The molecule has 0 atom stereocenters. The first-order valence-corrected chi connectivity index (χ1v) is 6.34. The van der Waals surface area contributed by atoms with Gasteiger partial charge in [-0.1, -0.05) is 17.7 Å². The van der Waals surface area contributed by atoms with Gasteiger partial charge in [0.25, 0.3) is 5.91 Å². The number of nitrogens with zero attached hydrogens (tertiary/aromatic N) is 1. The number of rotatable bonds is 4. The number of benzene rings is 1. The monoisotopic (exact) mass is 263 g/mol. The van der Waals surface area contributed by atoms with Gasteiger partial charge in [-0.3, -0.25) is 9.59 Å². The van der Waals surface area contributed by atoms with Crippen LogP contribution in [-0.4, -0.2) is 34.5 Å². The van der Waals surface area contributed by atoms with Crippen LogP contribution in [0.4, 0.5) is 0 Å². The maximum Gasteiger partial charge on any atom is 0.323 e. The molecule has 0 spiro atoms. The third-order valence-corrected chi connectivity index (χ3v) is 3.08. The Morgan fingerprint density at radius 1 is 1.16 bits per heavy atom. The molecule has 0 aromatic heterocycles. The van der Waals surface area contributed by atoms with Gasteiger partial charge in [-0.05, 0) is 45.7 Å². The van der Waals surface area contributed by atoms with Gasteiger partial charge in [-0.25, -0.2) is 0 Å². The standard InChI is InChI=1S/C15H21NO3/c1-9(2)16(8-13(17)18)15(19)14-11(4)6-10(3)7-12(14)5/h6-7,9H,8H2,1-5H3,(H,17,18). The highest BCUT2D eigenvalue weighted by atomic mass is 16.4. The quantitative estimate of drug-likeness (QED) is 0.908. The third kappa shape index (κ3) is 3.56. The van der Waals surface area contributed by atoms with Crippen LogP contribution in [0, 0.1) is 20.8 Å². The van der Waals surface area contributed by atoms with Crippen LogP contribution in [0.1, 0.15) is 40.9 Å². The van der Waals surface area contributed by atoms with E-state index < -0.39 is 5.97 Å². The summed E-state index contributed by atoms with van der Waals surface area (Å²) in [6.45, 7) is 9.10. The van der Waals surface area contributed by atoms with Crippen molar-refractivity contribution in [2.75, 3.05) is 6.54 Å². The molecule has 0 bridgehead atoms. The molecule has 104 valence electrons. The summed E-state index contributed by atoms with van der Waals surface area (Å²) in [5.41, 5.74) is 3.48. The van der Waals surface area contributed by atoms with Crippen LogP contribution in [0.25, 0.3) is 0 Å². The van der Waals surface area contributed by atoms with Gasteiger partial charge in [0.2, 0.25) is 0 Å². The maximum atomic E-state index is 12.5. The van der Waals surface area contributed by atoms with Crippen molar-refractivity contribution in [2.24, 2.45) is 0 Å². The fourth-order valence-electron chi connectivity index (χ4n) is 2.30. The fraction of sp³-hybridized carbons (Fsp3) is 0.467. The summed E-state index contributed by atoms with van der Waals surface area (Å²) in [5.74, 6) is -1.21. The molecule has 0 unspecified atom stereocenters. The van der Waals surface area contributed by atoms with E-state index in [0.29, 0.717) is 5.56 Å². The second-order valence-corrected chi connectivity index (χ2v) is 5.19. The van der Waals surface area contributed by atoms with Crippen LogP contribution >= 0.6 is 0 Å². The molecule has 1 rings (SSSR count). The van der Waals surface area contributed by atoms with Crippen LogP contribution in [0.5, 0.6) is 0 Å². The molecule has 0 fully saturated rings. The summed E-state index contributed by atoms with van der Waals surface area (Å²) < 4.78 is 0. The van der Waals surface area contributed by atoms with Crippen molar-refractivity contribution in [1.29, 1.82) is 0 Å².